The first-order valence-electron chi connectivity index (χ1n) is 6.31. The summed E-state index contributed by atoms with van der Waals surface area (Å²) in [4.78, 5) is 0.298. The molecule has 1 aromatic rings. The summed E-state index contributed by atoms with van der Waals surface area (Å²) in [5, 5.41) is -0.101. The van der Waals surface area contributed by atoms with Crippen LogP contribution in [0, 0.1) is 0 Å². The van der Waals surface area contributed by atoms with E-state index in [1.54, 1.807) is 31.3 Å². The fourth-order valence-corrected chi connectivity index (χ4v) is 5.36. The highest BCUT2D eigenvalue weighted by molar-refractivity contribution is 9.10. The summed E-state index contributed by atoms with van der Waals surface area (Å²) in [6, 6.07) is 6.76. The first kappa shape index (κ1) is 15.3. The monoisotopic (exact) mass is 365 g/mol. The van der Waals surface area contributed by atoms with Crippen molar-refractivity contribution in [3.05, 3.63) is 28.7 Å². The molecule has 0 aromatic heterocycles. The largest absolute Gasteiger partial charge is 0.244 e. The number of alkyl halides is 1. The van der Waals surface area contributed by atoms with Crippen molar-refractivity contribution < 1.29 is 8.42 Å². The van der Waals surface area contributed by atoms with Crippen LogP contribution >= 0.6 is 27.5 Å². The summed E-state index contributed by atoms with van der Waals surface area (Å²) in [7, 11) is -1.88. The highest BCUT2D eigenvalue weighted by atomic mass is 79.9. The maximum absolute atomic E-state index is 12.6. The third-order valence-electron chi connectivity index (χ3n) is 3.61. The number of nitrogens with zero attached hydrogens (tertiary/aromatic N) is 1. The zero-order valence-electron chi connectivity index (χ0n) is 10.7. The summed E-state index contributed by atoms with van der Waals surface area (Å²) in [5.41, 5.74) is 0. The molecular formula is C13H17BrClNO2S. The van der Waals surface area contributed by atoms with Crippen molar-refractivity contribution in [1.29, 1.82) is 0 Å². The lowest BCUT2D eigenvalue weighted by atomic mass is 9.95. The first-order valence-corrected chi connectivity index (χ1v) is 8.98. The third kappa shape index (κ3) is 3.15. The van der Waals surface area contributed by atoms with Gasteiger partial charge in [-0.05, 0) is 40.9 Å². The molecule has 1 saturated carbocycles. The molecule has 2 rings (SSSR count). The zero-order chi connectivity index (χ0) is 14.0. The minimum Gasteiger partial charge on any atom is -0.207 e. The summed E-state index contributed by atoms with van der Waals surface area (Å²) in [5.74, 6) is 0. The average molecular weight is 367 g/mol. The summed E-state index contributed by atoms with van der Waals surface area (Å²) in [6.45, 7) is 0. The SMILES string of the molecule is CN(C1CCCCC1Cl)S(=O)(=O)c1ccccc1Br. The summed E-state index contributed by atoms with van der Waals surface area (Å²) < 4.78 is 27.3. The van der Waals surface area contributed by atoms with Gasteiger partial charge in [-0.25, -0.2) is 8.42 Å². The second kappa shape index (κ2) is 6.12. The molecule has 0 radical (unpaired) electrons. The zero-order valence-corrected chi connectivity index (χ0v) is 13.9. The van der Waals surface area contributed by atoms with Gasteiger partial charge in [-0.1, -0.05) is 25.0 Å². The van der Waals surface area contributed by atoms with Gasteiger partial charge in [-0.3, -0.25) is 0 Å². The van der Waals surface area contributed by atoms with Gasteiger partial charge in [0.05, 0.1) is 10.3 Å². The maximum atomic E-state index is 12.6. The molecule has 1 aliphatic carbocycles. The molecule has 1 aliphatic rings. The van der Waals surface area contributed by atoms with Crippen molar-refractivity contribution in [1.82, 2.24) is 4.31 Å². The lowest BCUT2D eigenvalue weighted by molar-refractivity contribution is 0.291. The Morgan fingerprint density at radius 2 is 1.89 bits per heavy atom. The van der Waals surface area contributed by atoms with Gasteiger partial charge in [-0.15, -0.1) is 11.6 Å². The minimum atomic E-state index is -3.50. The lowest BCUT2D eigenvalue weighted by Gasteiger charge is -2.34. The third-order valence-corrected chi connectivity index (χ3v) is 7.01. The molecular weight excluding hydrogens is 350 g/mol. The Kier molecular flexibility index (Phi) is 4.93. The first-order chi connectivity index (χ1) is 8.94. The fraction of sp³-hybridized carbons (Fsp3) is 0.538. The van der Waals surface area contributed by atoms with Crippen molar-refractivity contribution in [2.24, 2.45) is 0 Å². The Labute approximate surface area is 128 Å². The Morgan fingerprint density at radius 3 is 2.53 bits per heavy atom. The van der Waals surface area contributed by atoms with Crippen molar-refractivity contribution >= 4 is 37.6 Å². The molecule has 106 valence electrons. The molecule has 1 aromatic carbocycles. The van der Waals surface area contributed by atoms with E-state index in [4.69, 9.17) is 11.6 Å². The van der Waals surface area contributed by atoms with Gasteiger partial charge in [0.15, 0.2) is 0 Å². The predicted octanol–water partition coefficient (Wildman–Crippen LogP) is 3.62. The molecule has 0 heterocycles. The molecule has 0 amide bonds. The van der Waals surface area contributed by atoms with Crippen LogP contribution in [0.1, 0.15) is 25.7 Å². The molecule has 0 aliphatic heterocycles. The number of halogens is 2. The van der Waals surface area contributed by atoms with Crippen LogP contribution in [0.3, 0.4) is 0 Å². The van der Waals surface area contributed by atoms with Crippen LogP contribution in [0.5, 0.6) is 0 Å². The van der Waals surface area contributed by atoms with E-state index in [-0.39, 0.29) is 11.4 Å². The number of sulfonamides is 1. The lowest BCUT2D eigenvalue weighted by Crippen LogP contribution is -2.44. The van der Waals surface area contributed by atoms with Crippen LogP contribution in [0.25, 0.3) is 0 Å². The van der Waals surface area contributed by atoms with Gasteiger partial charge in [0.25, 0.3) is 0 Å². The number of hydrogen-bond acceptors (Lipinski definition) is 2. The smallest absolute Gasteiger partial charge is 0.207 e. The molecule has 0 spiro atoms. The van der Waals surface area contributed by atoms with E-state index in [0.29, 0.717) is 9.37 Å². The van der Waals surface area contributed by atoms with Gasteiger partial charge in [-0.2, -0.15) is 4.31 Å². The minimum absolute atomic E-state index is 0.101. The van der Waals surface area contributed by atoms with Gasteiger partial charge in [0.1, 0.15) is 0 Å². The molecule has 19 heavy (non-hydrogen) atoms. The molecule has 0 bridgehead atoms. The molecule has 2 atom stereocenters. The van der Waals surface area contributed by atoms with Crippen LogP contribution in [-0.2, 0) is 10.0 Å². The second-order valence-electron chi connectivity index (χ2n) is 4.82. The Hall–Kier alpha value is -0.100. The van der Waals surface area contributed by atoms with Gasteiger partial charge < -0.3 is 0 Å². The number of benzene rings is 1. The van der Waals surface area contributed by atoms with Gasteiger partial charge in [0.2, 0.25) is 10.0 Å². The van der Waals surface area contributed by atoms with E-state index < -0.39 is 10.0 Å². The Morgan fingerprint density at radius 1 is 1.26 bits per heavy atom. The normalized spacial score (nSPS) is 24.6. The van der Waals surface area contributed by atoms with E-state index >= 15 is 0 Å². The maximum Gasteiger partial charge on any atom is 0.244 e. The van der Waals surface area contributed by atoms with Crippen LogP contribution in [0.2, 0.25) is 0 Å². The van der Waals surface area contributed by atoms with Crippen LogP contribution in [0.4, 0.5) is 0 Å². The molecule has 6 heteroatoms. The summed E-state index contributed by atoms with van der Waals surface area (Å²) in [6.07, 6.45) is 3.81. The molecule has 2 unspecified atom stereocenters. The second-order valence-corrected chi connectivity index (χ2v) is 8.20. The standard InChI is InChI=1S/C13H17BrClNO2S/c1-16(12-8-4-3-7-11(12)15)19(17,18)13-9-5-2-6-10(13)14/h2,5-6,9,11-12H,3-4,7-8H2,1H3. The van der Waals surface area contributed by atoms with Gasteiger partial charge in [0, 0.05) is 17.6 Å². The Bertz CT molecular complexity index is 549. The van der Waals surface area contributed by atoms with Crippen LogP contribution in [0.15, 0.2) is 33.6 Å². The van der Waals surface area contributed by atoms with Crippen LogP contribution < -0.4 is 0 Å². The van der Waals surface area contributed by atoms with Gasteiger partial charge >= 0.3 is 0 Å². The molecule has 0 N–H and O–H groups in total. The molecule has 0 saturated heterocycles. The van der Waals surface area contributed by atoms with Crippen molar-refractivity contribution in [2.75, 3.05) is 7.05 Å². The van der Waals surface area contributed by atoms with Crippen LogP contribution in [-0.4, -0.2) is 31.2 Å². The highest BCUT2D eigenvalue weighted by Gasteiger charge is 2.34. The van der Waals surface area contributed by atoms with Crippen molar-refractivity contribution in [3.63, 3.8) is 0 Å². The molecule has 1 fully saturated rings. The highest BCUT2D eigenvalue weighted by Crippen LogP contribution is 2.31. The van der Waals surface area contributed by atoms with E-state index in [1.807, 2.05) is 0 Å². The number of hydrogen-bond donors (Lipinski definition) is 0. The van der Waals surface area contributed by atoms with E-state index in [0.717, 1.165) is 25.7 Å². The Balaban J connectivity index is 2.31. The predicted molar refractivity (Wildman–Crippen MR) is 81.0 cm³/mol. The van der Waals surface area contributed by atoms with Crippen molar-refractivity contribution in [2.45, 2.75) is 42.0 Å². The molecule has 3 nitrogen and oxygen atoms in total. The average Bonchev–Trinajstić information content (AvgIpc) is 2.39. The number of rotatable bonds is 3. The van der Waals surface area contributed by atoms with E-state index in [2.05, 4.69) is 15.9 Å². The van der Waals surface area contributed by atoms with E-state index in [9.17, 15) is 8.42 Å². The fourth-order valence-electron chi connectivity index (χ4n) is 2.46. The quantitative estimate of drug-likeness (QED) is 0.766. The van der Waals surface area contributed by atoms with Crippen molar-refractivity contribution in [3.8, 4) is 0 Å². The topological polar surface area (TPSA) is 37.4 Å². The van der Waals surface area contributed by atoms with E-state index in [1.165, 1.54) is 4.31 Å². The summed E-state index contributed by atoms with van der Waals surface area (Å²) >= 11 is 9.59.